The first-order valence-corrected chi connectivity index (χ1v) is 13.0. The Kier molecular flexibility index (Phi) is 8.17. The van der Waals surface area contributed by atoms with Crippen LogP contribution in [0.4, 0.5) is 0 Å². The van der Waals surface area contributed by atoms with Crippen LogP contribution in [0.15, 0.2) is 77.9 Å². The monoisotopic (exact) mass is 497 g/mol. The third kappa shape index (κ3) is 5.50. The number of aromatic nitrogens is 1. The van der Waals surface area contributed by atoms with E-state index in [2.05, 4.69) is 67.7 Å². The van der Waals surface area contributed by atoms with Crippen LogP contribution in [0.25, 0.3) is 22.2 Å². The Morgan fingerprint density at radius 3 is 2.36 bits per heavy atom. The standard InChI is InChI=1S/C31H32ClN3O/c1-5-20(4)22-15-17-23(18-16-22)28(7-3)34-35-31(36)26-19-29(24-13-11-21(6-2)12-14-24)33-30-25(26)9-8-10-27(30)32/h8-20H,5-7H2,1-4H3,(H,35,36)/b34-28+/t20-/m0/s1. The summed E-state index contributed by atoms with van der Waals surface area (Å²) in [6.07, 6.45) is 2.75. The Hall–Kier alpha value is -3.50. The number of carbonyl (C=O) groups excluding carboxylic acids is 1. The summed E-state index contributed by atoms with van der Waals surface area (Å²) >= 11 is 6.49. The van der Waals surface area contributed by atoms with Crippen molar-refractivity contribution >= 4 is 34.1 Å². The number of pyridine rings is 1. The first-order chi connectivity index (χ1) is 17.4. The van der Waals surface area contributed by atoms with Crippen LogP contribution in [0.1, 0.15) is 73.5 Å². The molecule has 5 heteroatoms. The molecule has 184 valence electrons. The summed E-state index contributed by atoms with van der Waals surface area (Å²) in [5, 5.41) is 5.70. The van der Waals surface area contributed by atoms with Gasteiger partial charge in [-0.3, -0.25) is 4.79 Å². The fourth-order valence-electron chi connectivity index (χ4n) is 4.23. The van der Waals surface area contributed by atoms with Crippen molar-refractivity contribution < 1.29 is 4.79 Å². The van der Waals surface area contributed by atoms with Crippen LogP contribution < -0.4 is 5.43 Å². The summed E-state index contributed by atoms with van der Waals surface area (Å²) in [5.74, 6) is 0.221. The molecule has 0 unspecified atom stereocenters. The number of fused-ring (bicyclic) bond motifs is 1. The molecule has 0 aliphatic rings. The van der Waals surface area contributed by atoms with E-state index in [9.17, 15) is 4.79 Å². The van der Waals surface area contributed by atoms with E-state index in [1.807, 2.05) is 37.3 Å². The van der Waals surface area contributed by atoms with Gasteiger partial charge in [0.1, 0.15) is 0 Å². The zero-order chi connectivity index (χ0) is 25.7. The fraction of sp³-hybridized carbons (Fsp3) is 0.258. The van der Waals surface area contributed by atoms with Crippen molar-refractivity contribution in [1.29, 1.82) is 0 Å². The van der Waals surface area contributed by atoms with Crippen molar-refractivity contribution in [3.05, 3.63) is 100 Å². The van der Waals surface area contributed by atoms with E-state index in [-0.39, 0.29) is 5.91 Å². The Morgan fingerprint density at radius 2 is 1.72 bits per heavy atom. The van der Waals surface area contributed by atoms with Gasteiger partial charge in [-0.15, -0.1) is 0 Å². The molecule has 4 nitrogen and oxygen atoms in total. The number of hydrazone groups is 1. The van der Waals surface area contributed by atoms with Gasteiger partial charge < -0.3 is 0 Å². The lowest BCUT2D eigenvalue weighted by molar-refractivity contribution is 0.0956. The predicted molar refractivity (Wildman–Crippen MR) is 151 cm³/mol. The highest BCUT2D eigenvalue weighted by Crippen LogP contribution is 2.29. The number of aryl methyl sites for hydroxylation is 1. The van der Waals surface area contributed by atoms with E-state index >= 15 is 0 Å². The SMILES string of the molecule is CC/C(=N\NC(=O)c1cc(-c2ccc(CC)cc2)nc2c(Cl)cccc12)c1ccc([C@@H](C)CC)cc1. The van der Waals surface area contributed by atoms with E-state index in [0.29, 0.717) is 39.5 Å². The number of carbonyl (C=O) groups is 1. The summed E-state index contributed by atoms with van der Waals surface area (Å²) in [5.41, 5.74) is 9.88. The number of para-hydroxylation sites is 1. The molecule has 0 spiro atoms. The maximum absolute atomic E-state index is 13.4. The molecule has 1 aromatic heterocycles. The van der Waals surface area contributed by atoms with Crippen molar-refractivity contribution in [2.75, 3.05) is 0 Å². The van der Waals surface area contributed by atoms with E-state index in [1.54, 1.807) is 6.07 Å². The zero-order valence-corrected chi connectivity index (χ0v) is 22.1. The van der Waals surface area contributed by atoms with Gasteiger partial charge in [0.2, 0.25) is 0 Å². The molecule has 0 radical (unpaired) electrons. The second kappa shape index (κ2) is 11.5. The number of rotatable bonds is 8. The van der Waals surface area contributed by atoms with Crippen molar-refractivity contribution in [2.24, 2.45) is 5.10 Å². The summed E-state index contributed by atoms with van der Waals surface area (Å²) < 4.78 is 0. The molecule has 1 heterocycles. The molecule has 4 aromatic rings. The minimum absolute atomic E-state index is 0.293. The van der Waals surface area contributed by atoms with Gasteiger partial charge in [-0.25, -0.2) is 10.4 Å². The van der Waals surface area contributed by atoms with Crippen LogP contribution in [0.3, 0.4) is 0 Å². The molecule has 0 saturated carbocycles. The summed E-state index contributed by atoms with van der Waals surface area (Å²) in [6, 6.07) is 24.0. The normalized spacial score (nSPS) is 12.5. The fourth-order valence-corrected chi connectivity index (χ4v) is 4.44. The zero-order valence-electron chi connectivity index (χ0n) is 21.3. The van der Waals surface area contributed by atoms with Gasteiger partial charge in [-0.2, -0.15) is 5.10 Å². The molecular formula is C31H32ClN3O. The van der Waals surface area contributed by atoms with Crippen LogP contribution in [-0.2, 0) is 6.42 Å². The quantitative estimate of drug-likeness (QED) is 0.197. The van der Waals surface area contributed by atoms with E-state index in [1.165, 1.54) is 11.1 Å². The average molecular weight is 498 g/mol. The summed E-state index contributed by atoms with van der Waals surface area (Å²) in [6.45, 7) is 8.57. The first-order valence-electron chi connectivity index (χ1n) is 12.6. The van der Waals surface area contributed by atoms with Crippen LogP contribution in [0, 0.1) is 0 Å². The molecule has 0 fully saturated rings. The Bertz CT molecular complexity index is 1390. The first kappa shape index (κ1) is 25.6. The van der Waals surface area contributed by atoms with Gasteiger partial charge in [0.15, 0.2) is 0 Å². The Morgan fingerprint density at radius 1 is 1.00 bits per heavy atom. The minimum atomic E-state index is -0.293. The topological polar surface area (TPSA) is 54.4 Å². The maximum atomic E-state index is 13.4. The smallest absolute Gasteiger partial charge is 0.267 e. The number of nitrogens with one attached hydrogen (secondary N) is 1. The highest BCUT2D eigenvalue weighted by molar-refractivity contribution is 6.35. The van der Waals surface area contributed by atoms with Gasteiger partial charge in [0.25, 0.3) is 5.91 Å². The number of benzene rings is 3. The molecule has 0 bridgehead atoms. The van der Waals surface area contributed by atoms with Crippen molar-refractivity contribution in [1.82, 2.24) is 10.4 Å². The molecule has 3 aromatic carbocycles. The molecule has 4 rings (SSSR count). The number of nitrogens with zero attached hydrogens (tertiary/aromatic N) is 2. The second-order valence-electron chi connectivity index (χ2n) is 9.03. The predicted octanol–water partition coefficient (Wildman–Crippen LogP) is 8.18. The van der Waals surface area contributed by atoms with Crippen LogP contribution in [0.2, 0.25) is 5.02 Å². The van der Waals surface area contributed by atoms with Gasteiger partial charge in [0.05, 0.1) is 27.5 Å². The van der Waals surface area contributed by atoms with E-state index in [0.717, 1.165) is 29.7 Å². The Balaban J connectivity index is 1.68. The highest BCUT2D eigenvalue weighted by atomic mass is 35.5. The van der Waals surface area contributed by atoms with Crippen molar-refractivity contribution in [3.8, 4) is 11.3 Å². The van der Waals surface area contributed by atoms with E-state index < -0.39 is 0 Å². The third-order valence-corrected chi connectivity index (χ3v) is 7.05. The molecule has 0 aliphatic heterocycles. The number of hydrogen-bond acceptors (Lipinski definition) is 3. The van der Waals surface area contributed by atoms with Crippen molar-refractivity contribution in [3.63, 3.8) is 0 Å². The number of amides is 1. The van der Waals surface area contributed by atoms with E-state index in [4.69, 9.17) is 16.6 Å². The lowest BCUT2D eigenvalue weighted by Gasteiger charge is -2.12. The van der Waals surface area contributed by atoms with Crippen LogP contribution in [-0.4, -0.2) is 16.6 Å². The molecular weight excluding hydrogens is 466 g/mol. The highest BCUT2D eigenvalue weighted by Gasteiger charge is 2.16. The lowest BCUT2D eigenvalue weighted by Crippen LogP contribution is -2.20. The largest absolute Gasteiger partial charge is 0.272 e. The molecule has 0 saturated heterocycles. The Labute approximate surface area is 218 Å². The van der Waals surface area contributed by atoms with Gasteiger partial charge in [0, 0.05) is 10.9 Å². The second-order valence-corrected chi connectivity index (χ2v) is 9.43. The number of hydrogen-bond donors (Lipinski definition) is 1. The molecule has 36 heavy (non-hydrogen) atoms. The average Bonchev–Trinajstić information content (AvgIpc) is 2.93. The van der Waals surface area contributed by atoms with Gasteiger partial charge >= 0.3 is 0 Å². The third-order valence-electron chi connectivity index (χ3n) is 6.75. The van der Waals surface area contributed by atoms with Crippen molar-refractivity contribution in [2.45, 2.75) is 52.9 Å². The lowest BCUT2D eigenvalue weighted by atomic mass is 9.96. The molecule has 1 amide bonds. The minimum Gasteiger partial charge on any atom is -0.267 e. The molecule has 1 atom stereocenters. The van der Waals surface area contributed by atoms with Crippen LogP contribution >= 0.6 is 11.6 Å². The summed E-state index contributed by atoms with van der Waals surface area (Å²) in [4.78, 5) is 18.2. The number of halogens is 1. The van der Waals surface area contributed by atoms with Gasteiger partial charge in [-0.1, -0.05) is 100.0 Å². The molecule has 0 aliphatic carbocycles. The van der Waals surface area contributed by atoms with Crippen LogP contribution in [0.5, 0.6) is 0 Å². The van der Waals surface area contributed by atoms with Gasteiger partial charge in [-0.05, 0) is 54.0 Å². The molecule has 1 N–H and O–H groups in total. The maximum Gasteiger partial charge on any atom is 0.272 e. The summed E-state index contributed by atoms with van der Waals surface area (Å²) in [7, 11) is 0.